The molecule has 2 aliphatic rings. The molecule has 0 unspecified atom stereocenters. The first kappa shape index (κ1) is 19.9. The van der Waals surface area contributed by atoms with Crippen LogP contribution in [0, 0.1) is 6.92 Å². The summed E-state index contributed by atoms with van der Waals surface area (Å²) in [5.74, 6) is 1.53. The molecule has 0 amide bonds. The molecule has 0 radical (unpaired) electrons. The topological polar surface area (TPSA) is 85.3 Å². The van der Waals surface area contributed by atoms with Crippen molar-refractivity contribution in [1.82, 2.24) is 19.9 Å². The number of fused-ring (bicyclic) bond motifs is 1. The van der Waals surface area contributed by atoms with E-state index in [2.05, 4.69) is 42.3 Å². The molecule has 0 spiro atoms. The van der Waals surface area contributed by atoms with Gasteiger partial charge in [-0.15, -0.1) is 0 Å². The molecule has 8 nitrogen and oxygen atoms in total. The lowest BCUT2D eigenvalue weighted by molar-refractivity contribution is 0.122. The third-order valence-electron chi connectivity index (χ3n) is 5.98. The molecule has 1 saturated carbocycles. The quantitative estimate of drug-likeness (QED) is 0.673. The van der Waals surface area contributed by atoms with Gasteiger partial charge in [-0.3, -0.25) is 4.98 Å². The van der Waals surface area contributed by atoms with Gasteiger partial charge in [-0.05, 0) is 44.2 Å². The second-order valence-electron chi connectivity index (χ2n) is 8.29. The number of aryl methyl sites for hydroxylation is 1. The molecule has 2 aromatic heterocycles. The van der Waals surface area contributed by atoms with Gasteiger partial charge in [0.2, 0.25) is 5.95 Å². The van der Waals surface area contributed by atoms with Gasteiger partial charge in [0.15, 0.2) is 0 Å². The summed E-state index contributed by atoms with van der Waals surface area (Å²) in [6.07, 6.45) is 11.3. The fourth-order valence-corrected chi connectivity index (χ4v) is 4.28. The number of aromatic nitrogens is 4. The average Bonchev–Trinajstić information content (AvgIpc) is 2.82. The smallest absolute Gasteiger partial charge is 0.222 e. The van der Waals surface area contributed by atoms with E-state index in [1.807, 2.05) is 19.3 Å². The van der Waals surface area contributed by atoms with Crippen LogP contribution < -0.4 is 15.0 Å². The zero-order valence-electron chi connectivity index (χ0n) is 17.8. The summed E-state index contributed by atoms with van der Waals surface area (Å²) in [4.78, 5) is 20.1. The zero-order valence-corrected chi connectivity index (χ0v) is 17.8. The van der Waals surface area contributed by atoms with Crippen LogP contribution in [0.4, 0.5) is 11.6 Å². The molecule has 2 fully saturated rings. The number of benzene rings is 1. The van der Waals surface area contributed by atoms with Crippen LogP contribution in [-0.4, -0.2) is 58.4 Å². The second kappa shape index (κ2) is 9.01. The third-order valence-corrected chi connectivity index (χ3v) is 5.98. The molecule has 5 rings (SSSR count). The summed E-state index contributed by atoms with van der Waals surface area (Å²) in [6, 6.07) is 4.59. The molecule has 0 atom stereocenters. The lowest BCUT2D eigenvalue weighted by Crippen LogP contribution is -2.36. The first-order chi connectivity index (χ1) is 15.2. The number of ether oxygens (including phenoxy) is 2. The van der Waals surface area contributed by atoms with Gasteiger partial charge in [0, 0.05) is 55.7 Å². The predicted molar refractivity (Wildman–Crippen MR) is 120 cm³/mol. The van der Waals surface area contributed by atoms with Crippen LogP contribution >= 0.6 is 0 Å². The van der Waals surface area contributed by atoms with Crippen molar-refractivity contribution in [2.24, 2.45) is 0 Å². The number of rotatable bonds is 5. The average molecular weight is 421 g/mol. The van der Waals surface area contributed by atoms with Crippen LogP contribution in [0.25, 0.3) is 11.0 Å². The largest absolute Gasteiger partial charge is 0.488 e. The number of nitrogens with one attached hydrogen (secondary N) is 1. The van der Waals surface area contributed by atoms with Gasteiger partial charge in [0.1, 0.15) is 11.3 Å². The molecular formula is C23H28N6O2. The number of hydrogen-bond acceptors (Lipinski definition) is 8. The summed E-state index contributed by atoms with van der Waals surface area (Å²) in [6.45, 7) is 5.24. The van der Waals surface area contributed by atoms with Crippen LogP contribution in [-0.2, 0) is 4.74 Å². The fraction of sp³-hybridized carbons (Fsp3) is 0.478. The van der Waals surface area contributed by atoms with E-state index in [1.165, 1.54) is 0 Å². The number of nitrogens with zero attached hydrogens (tertiary/aromatic N) is 5. The molecule has 3 aromatic rings. The van der Waals surface area contributed by atoms with Gasteiger partial charge in [0.25, 0.3) is 0 Å². The highest BCUT2D eigenvalue weighted by atomic mass is 16.5. The Balaban J connectivity index is 1.27. The van der Waals surface area contributed by atoms with Crippen molar-refractivity contribution in [3.63, 3.8) is 0 Å². The Hall–Kier alpha value is -3.00. The van der Waals surface area contributed by atoms with Crippen molar-refractivity contribution in [1.29, 1.82) is 0 Å². The van der Waals surface area contributed by atoms with Crippen LogP contribution in [0.1, 0.15) is 31.2 Å². The molecule has 3 heterocycles. The Morgan fingerprint density at radius 2 is 1.71 bits per heavy atom. The van der Waals surface area contributed by atoms with Crippen LogP contribution in [0.5, 0.6) is 5.75 Å². The van der Waals surface area contributed by atoms with Crippen molar-refractivity contribution in [3.8, 4) is 5.75 Å². The molecule has 1 aliphatic carbocycles. The summed E-state index contributed by atoms with van der Waals surface area (Å²) in [7, 11) is 0. The van der Waals surface area contributed by atoms with Crippen LogP contribution in [0.15, 0.2) is 36.9 Å². The highest BCUT2D eigenvalue weighted by Crippen LogP contribution is 2.33. The van der Waals surface area contributed by atoms with Crippen molar-refractivity contribution in [2.45, 2.75) is 44.8 Å². The Kier molecular flexibility index (Phi) is 5.80. The normalized spacial score (nSPS) is 21.8. The minimum Gasteiger partial charge on any atom is -0.488 e. The predicted octanol–water partition coefficient (Wildman–Crippen LogP) is 3.37. The minimum absolute atomic E-state index is 0.169. The van der Waals surface area contributed by atoms with Crippen LogP contribution in [0.2, 0.25) is 0 Å². The van der Waals surface area contributed by atoms with Crippen molar-refractivity contribution < 1.29 is 9.47 Å². The van der Waals surface area contributed by atoms with E-state index in [0.29, 0.717) is 12.0 Å². The van der Waals surface area contributed by atoms with E-state index in [0.717, 1.165) is 80.0 Å². The zero-order chi connectivity index (χ0) is 21.0. The summed E-state index contributed by atoms with van der Waals surface area (Å²) < 4.78 is 12.0. The Morgan fingerprint density at radius 3 is 2.48 bits per heavy atom. The van der Waals surface area contributed by atoms with Crippen molar-refractivity contribution >= 4 is 22.7 Å². The van der Waals surface area contributed by atoms with Gasteiger partial charge in [-0.1, -0.05) is 0 Å². The summed E-state index contributed by atoms with van der Waals surface area (Å²) in [5.41, 5.74) is 3.89. The van der Waals surface area contributed by atoms with E-state index in [9.17, 15) is 0 Å². The van der Waals surface area contributed by atoms with Crippen LogP contribution in [0.3, 0.4) is 0 Å². The first-order valence-corrected chi connectivity index (χ1v) is 11.0. The maximum atomic E-state index is 6.49. The summed E-state index contributed by atoms with van der Waals surface area (Å²) in [5, 5.41) is 3.46. The highest BCUT2D eigenvalue weighted by Gasteiger charge is 2.24. The Bertz CT molecular complexity index is 1010. The molecule has 0 bridgehead atoms. The van der Waals surface area contributed by atoms with Crippen molar-refractivity contribution in [3.05, 3.63) is 42.5 Å². The molecular weight excluding hydrogens is 392 g/mol. The van der Waals surface area contributed by atoms with Gasteiger partial charge in [0.05, 0.1) is 24.8 Å². The fourth-order valence-electron chi connectivity index (χ4n) is 4.28. The number of anilines is 2. The SMILES string of the molecule is Cc1cnc(N[C@H]2CC[C@@H](Oc3cc(N4CCOCC4)cc4nccnc34)CC2)nc1. The van der Waals surface area contributed by atoms with E-state index < -0.39 is 0 Å². The van der Waals surface area contributed by atoms with E-state index >= 15 is 0 Å². The maximum Gasteiger partial charge on any atom is 0.222 e. The van der Waals surface area contributed by atoms with Gasteiger partial charge in [-0.2, -0.15) is 0 Å². The standard InChI is InChI=1S/C23H28N6O2/c1-16-14-26-23(27-15-16)28-17-2-4-19(5-3-17)31-21-13-18(29-8-10-30-11-9-29)12-20-22(21)25-7-6-24-20/h6-7,12-15,17,19H,2-5,8-11H2,1H3,(H,26,27,28)/t17-,19+. The Labute approximate surface area is 182 Å². The molecule has 1 aromatic carbocycles. The molecule has 1 N–H and O–H groups in total. The lowest BCUT2D eigenvalue weighted by Gasteiger charge is -2.31. The third kappa shape index (κ3) is 4.69. The lowest BCUT2D eigenvalue weighted by atomic mass is 9.93. The summed E-state index contributed by atoms with van der Waals surface area (Å²) >= 11 is 0. The first-order valence-electron chi connectivity index (χ1n) is 11.0. The monoisotopic (exact) mass is 420 g/mol. The van der Waals surface area contributed by atoms with Gasteiger partial charge < -0.3 is 19.7 Å². The van der Waals surface area contributed by atoms with E-state index in [-0.39, 0.29) is 6.10 Å². The van der Waals surface area contributed by atoms with E-state index in [4.69, 9.17) is 9.47 Å². The Morgan fingerprint density at radius 1 is 0.968 bits per heavy atom. The maximum absolute atomic E-state index is 6.49. The van der Waals surface area contributed by atoms with E-state index in [1.54, 1.807) is 12.4 Å². The number of morpholine rings is 1. The van der Waals surface area contributed by atoms with Crippen molar-refractivity contribution in [2.75, 3.05) is 36.5 Å². The molecule has 162 valence electrons. The molecule has 1 saturated heterocycles. The second-order valence-corrected chi connectivity index (χ2v) is 8.29. The minimum atomic E-state index is 0.169. The molecule has 31 heavy (non-hydrogen) atoms. The highest BCUT2D eigenvalue weighted by molar-refractivity contribution is 5.85. The number of hydrogen-bond donors (Lipinski definition) is 1. The molecule has 8 heteroatoms. The van der Waals surface area contributed by atoms with Gasteiger partial charge >= 0.3 is 0 Å². The van der Waals surface area contributed by atoms with Gasteiger partial charge in [-0.25, -0.2) is 15.0 Å². The molecule has 1 aliphatic heterocycles.